The minimum absolute atomic E-state index is 0.0701. The smallest absolute Gasteiger partial charge is 0.196 e. The summed E-state index contributed by atoms with van der Waals surface area (Å²) in [6, 6.07) is 2.91. The third-order valence-electron chi connectivity index (χ3n) is 5.11. The molecule has 0 amide bonds. The highest BCUT2D eigenvalue weighted by molar-refractivity contribution is 7.92. The van der Waals surface area contributed by atoms with Crippen LogP contribution in [0, 0.1) is 18.7 Å². The highest BCUT2D eigenvalue weighted by Crippen LogP contribution is 2.39. The number of hydrogen-bond donors (Lipinski definition) is 1. The van der Waals surface area contributed by atoms with E-state index in [0.29, 0.717) is 28.8 Å². The second-order valence-electron chi connectivity index (χ2n) is 6.85. The second-order valence-corrected chi connectivity index (χ2v) is 8.99. The van der Waals surface area contributed by atoms with Crippen LogP contribution in [0.5, 0.6) is 0 Å². The zero-order valence-corrected chi connectivity index (χ0v) is 15.1. The lowest BCUT2D eigenvalue weighted by Crippen LogP contribution is -2.37. The SMILES string of the molecule is Cc1cc(F)c2[nH]c(S(=O)(=O)[C@@H]3CC[C@H]3C)cc2c1-c1ncn(C)n1. The van der Waals surface area contributed by atoms with Crippen LogP contribution in [0.3, 0.4) is 0 Å². The minimum atomic E-state index is -3.50. The fourth-order valence-corrected chi connectivity index (χ4v) is 5.57. The molecule has 0 aliphatic heterocycles. The van der Waals surface area contributed by atoms with Crippen molar-refractivity contribution in [2.45, 2.75) is 37.0 Å². The van der Waals surface area contributed by atoms with Gasteiger partial charge in [0.15, 0.2) is 15.7 Å². The van der Waals surface area contributed by atoms with Gasteiger partial charge >= 0.3 is 0 Å². The first-order valence-corrected chi connectivity index (χ1v) is 9.75. The first-order chi connectivity index (χ1) is 11.8. The quantitative estimate of drug-likeness (QED) is 0.777. The monoisotopic (exact) mass is 362 g/mol. The molecule has 8 heteroatoms. The predicted molar refractivity (Wildman–Crippen MR) is 92.4 cm³/mol. The Balaban J connectivity index is 1.95. The molecule has 2 atom stereocenters. The highest BCUT2D eigenvalue weighted by atomic mass is 32.2. The molecule has 0 bridgehead atoms. The molecule has 3 aromatic rings. The van der Waals surface area contributed by atoms with Crippen molar-refractivity contribution in [1.29, 1.82) is 0 Å². The molecular weight excluding hydrogens is 343 g/mol. The van der Waals surface area contributed by atoms with Gasteiger partial charge in [-0.15, -0.1) is 0 Å². The summed E-state index contributed by atoms with van der Waals surface area (Å²) in [5, 5.41) is 4.45. The number of benzene rings is 1. The molecule has 1 N–H and O–H groups in total. The molecule has 6 nitrogen and oxygen atoms in total. The van der Waals surface area contributed by atoms with Crippen LogP contribution in [0.15, 0.2) is 23.5 Å². The van der Waals surface area contributed by atoms with Crippen molar-refractivity contribution >= 4 is 20.7 Å². The maximum atomic E-state index is 14.5. The summed E-state index contributed by atoms with van der Waals surface area (Å²) in [6.07, 6.45) is 3.11. The summed E-state index contributed by atoms with van der Waals surface area (Å²) in [5.41, 5.74) is 1.49. The van der Waals surface area contributed by atoms with Gasteiger partial charge in [0, 0.05) is 18.0 Å². The van der Waals surface area contributed by atoms with Gasteiger partial charge in [0.05, 0.1) is 10.8 Å². The number of halogens is 1. The van der Waals surface area contributed by atoms with Crippen molar-refractivity contribution in [1.82, 2.24) is 19.7 Å². The van der Waals surface area contributed by atoms with E-state index in [4.69, 9.17) is 0 Å². The molecule has 1 aromatic carbocycles. The van der Waals surface area contributed by atoms with E-state index in [0.717, 1.165) is 6.42 Å². The number of nitrogens with zero attached hydrogens (tertiary/aromatic N) is 3. The standard InChI is InChI=1S/C17H19FN4O2S/c1-9-4-5-13(9)25(23,24)14-7-11-15(17-19-8-22(3)21-17)10(2)6-12(18)16(11)20-14/h6-9,13,20H,4-5H2,1-3H3/t9-,13-/m1/s1. The van der Waals surface area contributed by atoms with E-state index in [1.165, 1.54) is 12.1 Å². The summed E-state index contributed by atoms with van der Waals surface area (Å²) in [6.45, 7) is 3.70. The van der Waals surface area contributed by atoms with E-state index >= 15 is 0 Å². The summed E-state index contributed by atoms with van der Waals surface area (Å²) in [7, 11) is -1.76. The van der Waals surface area contributed by atoms with Crippen molar-refractivity contribution in [3.05, 3.63) is 29.8 Å². The topological polar surface area (TPSA) is 80.6 Å². The summed E-state index contributed by atoms with van der Waals surface area (Å²) in [5.74, 6) is 0.0974. The number of sulfone groups is 1. The van der Waals surface area contributed by atoms with Gasteiger partial charge in [0.1, 0.15) is 17.2 Å². The van der Waals surface area contributed by atoms with E-state index in [9.17, 15) is 12.8 Å². The van der Waals surface area contributed by atoms with Crippen LogP contribution in [0.2, 0.25) is 0 Å². The number of rotatable bonds is 3. The Morgan fingerprint density at radius 3 is 2.64 bits per heavy atom. The van der Waals surface area contributed by atoms with Gasteiger partial charge in [-0.3, -0.25) is 4.68 Å². The Morgan fingerprint density at radius 2 is 2.08 bits per heavy atom. The van der Waals surface area contributed by atoms with Crippen LogP contribution in [-0.2, 0) is 16.9 Å². The molecule has 0 unspecified atom stereocenters. The highest BCUT2D eigenvalue weighted by Gasteiger charge is 2.40. The van der Waals surface area contributed by atoms with Crippen molar-refractivity contribution in [2.75, 3.05) is 0 Å². The molecule has 0 saturated heterocycles. The number of nitrogens with one attached hydrogen (secondary N) is 1. The van der Waals surface area contributed by atoms with Crippen molar-refractivity contribution < 1.29 is 12.8 Å². The predicted octanol–water partition coefficient (Wildman–Crippen LogP) is 2.98. The number of fused-ring (bicyclic) bond motifs is 1. The van der Waals surface area contributed by atoms with Gasteiger partial charge in [-0.1, -0.05) is 6.92 Å². The molecule has 1 aliphatic rings. The molecule has 2 heterocycles. The molecule has 1 fully saturated rings. The van der Waals surface area contributed by atoms with Crippen molar-refractivity contribution in [3.8, 4) is 11.4 Å². The maximum Gasteiger partial charge on any atom is 0.196 e. The number of aromatic nitrogens is 4. The van der Waals surface area contributed by atoms with Crippen LogP contribution in [0.4, 0.5) is 4.39 Å². The minimum Gasteiger partial charge on any atom is -0.343 e. The van der Waals surface area contributed by atoms with Crippen LogP contribution in [0.25, 0.3) is 22.3 Å². The number of aryl methyl sites for hydroxylation is 2. The number of aromatic amines is 1. The fraction of sp³-hybridized carbons (Fsp3) is 0.412. The van der Waals surface area contributed by atoms with Crippen molar-refractivity contribution in [2.24, 2.45) is 13.0 Å². The zero-order valence-electron chi connectivity index (χ0n) is 14.2. The largest absolute Gasteiger partial charge is 0.343 e. The lowest BCUT2D eigenvalue weighted by molar-refractivity contribution is 0.344. The molecule has 1 saturated carbocycles. The molecule has 0 radical (unpaired) electrons. The van der Waals surface area contributed by atoms with Crippen LogP contribution < -0.4 is 0 Å². The normalized spacial score (nSPS) is 20.8. The number of hydrogen-bond acceptors (Lipinski definition) is 4. The Bertz CT molecular complexity index is 1080. The molecular formula is C17H19FN4O2S. The lowest BCUT2D eigenvalue weighted by Gasteiger charge is -2.32. The van der Waals surface area contributed by atoms with E-state index in [1.807, 2.05) is 6.92 Å². The van der Waals surface area contributed by atoms with Gasteiger partial charge in [-0.05, 0) is 43.4 Å². The van der Waals surface area contributed by atoms with E-state index < -0.39 is 20.9 Å². The van der Waals surface area contributed by atoms with Gasteiger partial charge < -0.3 is 4.98 Å². The zero-order chi connectivity index (χ0) is 17.9. The molecule has 132 valence electrons. The number of H-pyrrole nitrogens is 1. The van der Waals surface area contributed by atoms with Crippen LogP contribution in [-0.4, -0.2) is 33.4 Å². The Morgan fingerprint density at radius 1 is 1.32 bits per heavy atom. The molecule has 4 rings (SSSR count). The van der Waals surface area contributed by atoms with E-state index in [1.54, 1.807) is 25.0 Å². The Labute approximate surface area is 145 Å². The van der Waals surface area contributed by atoms with E-state index in [-0.39, 0.29) is 16.5 Å². The Kier molecular flexibility index (Phi) is 3.50. The van der Waals surface area contributed by atoms with Crippen LogP contribution >= 0.6 is 0 Å². The molecule has 25 heavy (non-hydrogen) atoms. The fourth-order valence-electron chi connectivity index (χ4n) is 3.53. The third-order valence-corrected chi connectivity index (χ3v) is 7.44. The average Bonchev–Trinajstić information content (AvgIpc) is 3.13. The van der Waals surface area contributed by atoms with Crippen LogP contribution in [0.1, 0.15) is 25.3 Å². The average molecular weight is 362 g/mol. The summed E-state index contributed by atoms with van der Waals surface area (Å²) < 4.78 is 41.7. The third kappa shape index (κ3) is 2.38. The first kappa shape index (κ1) is 16.3. The molecule has 1 aliphatic carbocycles. The molecule has 2 aromatic heterocycles. The molecule has 0 spiro atoms. The van der Waals surface area contributed by atoms with Gasteiger partial charge in [-0.2, -0.15) is 5.10 Å². The Hall–Kier alpha value is -2.22. The summed E-state index contributed by atoms with van der Waals surface area (Å²) in [4.78, 5) is 7.03. The van der Waals surface area contributed by atoms with E-state index in [2.05, 4.69) is 15.1 Å². The summed E-state index contributed by atoms with van der Waals surface area (Å²) >= 11 is 0. The van der Waals surface area contributed by atoms with Crippen molar-refractivity contribution in [3.63, 3.8) is 0 Å². The maximum absolute atomic E-state index is 14.5. The van der Waals surface area contributed by atoms with Gasteiger partial charge in [-0.25, -0.2) is 17.8 Å². The lowest BCUT2D eigenvalue weighted by atomic mass is 9.87. The first-order valence-electron chi connectivity index (χ1n) is 8.20. The van der Waals surface area contributed by atoms with Gasteiger partial charge in [0.2, 0.25) is 0 Å². The second kappa shape index (κ2) is 5.39. The van der Waals surface area contributed by atoms with Gasteiger partial charge in [0.25, 0.3) is 0 Å².